The first kappa shape index (κ1) is 29.0. The lowest BCUT2D eigenvalue weighted by Crippen LogP contribution is -2.55. The van der Waals surface area contributed by atoms with Gasteiger partial charge in [0.2, 0.25) is 0 Å². The van der Waals surface area contributed by atoms with E-state index >= 15 is 0 Å². The van der Waals surface area contributed by atoms with Gasteiger partial charge in [-0.15, -0.1) is 0 Å². The number of aliphatic hydroxyl groups is 1. The van der Waals surface area contributed by atoms with E-state index in [1.54, 1.807) is 20.8 Å². The summed E-state index contributed by atoms with van der Waals surface area (Å²) in [6.45, 7) is 17.3. The molecule has 0 heterocycles. The lowest BCUT2D eigenvalue weighted by molar-refractivity contribution is -0.190. The minimum atomic E-state index is -2.75. The number of rotatable bonds is 9. The summed E-state index contributed by atoms with van der Waals surface area (Å²) < 4.78 is 15.5. The van der Waals surface area contributed by atoms with Crippen LogP contribution in [0.1, 0.15) is 75.7 Å². The second kappa shape index (κ2) is 10.6. The van der Waals surface area contributed by atoms with Crippen molar-refractivity contribution in [1.29, 1.82) is 0 Å². The minimum absolute atomic E-state index is 0.0260. The first-order chi connectivity index (χ1) is 13.7. The highest BCUT2D eigenvalue weighted by Gasteiger charge is 2.54. The fraction of sp³-hybridized carbons (Fsp3) is 0.826. The molecule has 2 atom stereocenters. The predicted octanol–water partition coefficient (Wildman–Crippen LogP) is 3.08. The van der Waals surface area contributed by atoms with E-state index in [9.17, 15) is 24.3 Å². The van der Waals surface area contributed by atoms with E-state index in [0.29, 0.717) is 0 Å². The lowest BCUT2D eigenvalue weighted by atomic mass is 9.81. The van der Waals surface area contributed by atoms with E-state index in [1.165, 1.54) is 0 Å². The van der Waals surface area contributed by atoms with E-state index in [-0.39, 0.29) is 25.2 Å². The van der Waals surface area contributed by atoms with Crippen molar-refractivity contribution in [3.05, 3.63) is 0 Å². The summed E-state index contributed by atoms with van der Waals surface area (Å²) in [5.74, 6) is -6.02. The first-order valence-corrected chi connectivity index (χ1v) is 10.4. The van der Waals surface area contributed by atoms with Crippen molar-refractivity contribution < 1.29 is 38.5 Å². The highest BCUT2D eigenvalue weighted by atomic mass is 16.6. The fourth-order valence-electron chi connectivity index (χ4n) is 2.34. The van der Waals surface area contributed by atoms with Crippen LogP contribution in [0.25, 0.3) is 0 Å². The summed E-state index contributed by atoms with van der Waals surface area (Å²) in [6, 6.07) is 0. The molecular formula is C23H40O8. The number of ether oxygens (including phenoxy) is 3. The molecule has 0 rings (SSSR count). The Morgan fingerprint density at radius 2 is 1.10 bits per heavy atom. The van der Waals surface area contributed by atoms with Crippen molar-refractivity contribution in [2.45, 2.75) is 81.3 Å². The number of ketones is 1. The molecule has 0 saturated heterocycles. The number of hydrogen-bond acceptors (Lipinski definition) is 8. The van der Waals surface area contributed by atoms with Gasteiger partial charge in [0.1, 0.15) is 5.78 Å². The zero-order valence-electron chi connectivity index (χ0n) is 20.7. The molecular weight excluding hydrogens is 404 g/mol. The Kier molecular flexibility index (Phi) is 9.90. The van der Waals surface area contributed by atoms with Crippen LogP contribution >= 0.6 is 0 Å². The summed E-state index contributed by atoms with van der Waals surface area (Å²) in [5, 5.41) is 11.2. The van der Waals surface area contributed by atoms with Crippen molar-refractivity contribution in [3.63, 3.8) is 0 Å². The van der Waals surface area contributed by atoms with Crippen LogP contribution in [0, 0.1) is 22.2 Å². The molecule has 0 aromatic rings. The monoisotopic (exact) mass is 444 g/mol. The first-order valence-electron chi connectivity index (χ1n) is 10.4. The third kappa shape index (κ3) is 11.3. The predicted molar refractivity (Wildman–Crippen MR) is 115 cm³/mol. The van der Waals surface area contributed by atoms with Gasteiger partial charge in [0, 0.05) is 0 Å². The quantitative estimate of drug-likeness (QED) is 0.328. The minimum Gasteiger partial charge on any atom is -0.465 e. The molecule has 0 aliphatic heterocycles. The third-order valence-electron chi connectivity index (χ3n) is 3.84. The van der Waals surface area contributed by atoms with Gasteiger partial charge in [0.05, 0.1) is 26.2 Å². The molecule has 0 amide bonds. The Labute approximate surface area is 186 Å². The normalized spacial score (nSPS) is 15.5. The van der Waals surface area contributed by atoms with Crippen molar-refractivity contribution in [2.75, 3.05) is 19.8 Å². The highest BCUT2D eigenvalue weighted by molar-refractivity contribution is 6.05. The molecule has 0 saturated carbocycles. The number of esters is 3. The number of carbonyl (C=O) groups is 4. The zero-order chi connectivity index (χ0) is 24.8. The summed E-state index contributed by atoms with van der Waals surface area (Å²) >= 11 is 0. The number of carbonyl (C=O) groups excluding carboxylic acids is 4. The Hall–Kier alpha value is -1.96. The van der Waals surface area contributed by atoms with Crippen LogP contribution in [-0.4, -0.2) is 54.2 Å². The second-order valence-corrected chi connectivity index (χ2v) is 11.7. The largest absolute Gasteiger partial charge is 0.465 e. The third-order valence-corrected chi connectivity index (χ3v) is 3.84. The summed E-state index contributed by atoms with van der Waals surface area (Å²) in [7, 11) is 0. The van der Waals surface area contributed by atoms with E-state index in [2.05, 4.69) is 0 Å². The molecule has 180 valence electrons. The molecule has 0 aliphatic carbocycles. The van der Waals surface area contributed by atoms with Crippen molar-refractivity contribution in [1.82, 2.24) is 0 Å². The highest BCUT2D eigenvalue weighted by Crippen LogP contribution is 2.29. The van der Waals surface area contributed by atoms with Gasteiger partial charge in [0.15, 0.2) is 11.5 Å². The van der Waals surface area contributed by atoms with Crippen LogP contribution < -0.4 is 0 Å². The van der Waals surface area contributed by atoms with Gasteiger partial charge < -0.3 is 19.3 Å². The Morgan fingerprint density at radius 3 is 1.48 bits per heavy atom. The summed E-state index contributed by atoms with van der Waals surface area (Å²) in [5.41, 5.74) is -3.96. The van der Waals surface area contributed by atoms with Gasteiger partial charge in [-0.2, -0.15) is 0 Å². The van der Waals surface area contributed by atoms with Gasteiger partial charge in [-0.3, -0.25) is 14.4 Å². The van der Waals surface area contributed by atoms with Crippen LogP contribution in [0.15, 0.2) is 0 Å². The Bertz CT molecular complexity index is 661. The molecule has 0 radical (unpaired) electrons. The summed E-state index contributed by atoms with van der Waals surface area (Å²) in [4.78, 5) is 50.3. The van der Waals surface area contributed by atoms with Gasteiger partial charge >= 0.3 is 17.9 Å². The van der Waals surface area contributed by atoms with E-state index in [4.69, 9.17) is 14.2 Å². The number of Topliss-reactive ketones (excluding diaryl/α,β-unsaturated/α-hetero) is 1. The van der Waals surface area contributed by atoms with Crippen LogP contribution in [0.3, 0.4) is 0 Å². The van der Waals surface area contributed by atoms with Crippen LogP contribution in [0.5, 0.6) is 0 Å². The smallest absolute Gasteiger partial charge is 0.340 e. The average Bonchev–Trinajstić information content (AvgIpc) is 2.53. The molecule has 0 aromatic carbocycles. The summed E-state index contributed by atoms with van der Waals surface area (Å²) in [6.07, 6.45) is -0.916. The van der Waals surface area contributed by atoms with Gasteiger partial charge in [-0.05, 0) is 23.2 Å². The molecule has 0 fully saturated rings. The van der Waals surface area contributed by atoms with Gasteiger partial charge in [-0.1, -0.05) is 62.3 Å². The maximum atomic E-state index is 12.9. The molecule has 1 N–H and O–H groups in total. The van der Waals surface area contributed by atoms with Crippen LogP contribution in [0.2, 0.25) is 0 Å². The van der Waals surface area contributed by atoms with Crippen molar-refractivity contribution >= 4 is 23.7 Å². The molecule has 8 nitrogen and oxygen atoms in total. The fourth-order valence-corrected chi connectivity index (χ4v) is 2.34. The maximum absolute atomic E-state index is 12.9. The number of hydrogen-bond donors (Lipinski definition) is 1. The van der Waals surface area contributed by atoms with E-state index in [1.807, 2.05) is 41.5 Å². The standard InChI is InChI=1S/C23H40O8/c1-15(24)17(18(26)30-13-21(5,6)7)23(28,19(27)31-14-22(8,9)10)11-16(25)29-12-20(2,3)4/h17,28H,11-14H2,1-10H3. The Balaban J connectivity index is 5.91. The Morgan fingerprint density at radius 1 is 0.710 bits per heavy atom. The van der Waals surface area contributed by atoms with Crippen LogP contribution in [-0.2, 0) is 33.4 Å². The average molecular weight is 445 g/mol. The van der Waals surface area contributed by atoms with E-state index in [0.717, 1.165) is 6.92 Å². The molecule has 2 unspecified atom stereocenters. The zero-order valence-corrected chi connectivity index (χ0v) is 20.7. The SMILES string of the molecule is CC(=O)C(C(=O)OCC(C)(C)C)C(O)(CC(=O)OCC(C)(C)C)C(=O)OCC(C)(C)C. The molecule has 31 heavy (non-hydrogen) atoms. The van der Waals surface area contributed by atoms with Crippen LogP contribution in [0.4, 0.5) is 0 Å². The molecule has 0 aromatic heterocycles. The molecule has 8 heteroatoms. The van der Waals surface area contributed by atoms with E-state index < -0.39 is 52.5 Å². The van der Waals surface area contributed by atoms with Gasteiger partial charge in [0.25, 0.3) is 0 Å². The molecule has 0 bridgehead atoms. The lowest BCUT2D eigenvalue weighted by Gasteiger charge is -2.32. The topological polar surface area (TPSA) is 116 Å². The second-order valence-electron chi connectivity index (χ2n) is 11.7. The van der Waals surface area contributed by atoms with Crippen molar-refractivity contribution in [2.24, 2.45) is 22.2 Å². The van der Waals surface area contributed by atoms with Crippen molar-refractivity contribution in [3.8, 4) is 0 Å². The van der Waals surface area contributed by atoms with Gasteiger partial charge in [-0.25, -0.2) is 4.79 Å². The molecule has 0 spiro atoms. The molecule has 0 aliphatic rings. The maximum Gasteiger partial charge on any atom is 0.340 e.